The Balaban J connectivity index is 2.51. The quantitative estimate of drug-likeness (QED) is 0.836. The first kappa shape index (κ1) is 10.6. The van der Waals surface area contributed by atoms with Crippen LogP contribution >= 0.6 is 15.9 Å². The highest BCUT2D eigenvalue weighted by Crippen LogP contribution is 2.30. The molecule has 80 valence electrons. The summed E-state index contributed by atoms with van der Waals surface area (Å²) < 4.78 is 14.2. The summed E-state index contributed by atoms with van der Waals surface area (Å²) in [5, 5.41) is 2.69. The van der Waals surface area contributed by atoms with Gasteiger partial charge in [-0.25, -0.2) is 4.39 Å². The van der Waals surface area contributed by atoms with E-state index in [-0.39, 0.29) is 11.8 Å². The van der Waals surface area contributed by atoms with Crippen LogP contribution in [0.3, 0.4) is 0 Å². The van der Waals surface area contributed by atoms with Gasteiger partial charge in [-0.2, -0.15) is 0 Å². The van der Waals surface area contributed by atoms with E-state index < -0.39 is 6.17 Å². The zero-order chi connectivity index (χ0) is 11.0. The number of hydrogen-bond acceptors (Lipinski definition) is 1. The first-order chi connectivity index (χ1) is 7.09. The summed E-state index contributed by atoms with van der Waals surface area (Å²) in [7, 11) is 0. The molecule has 1 heterocycles. The van der Waals surface area contributed by atoms with Gasteiger partial charge < -0.3 is 5.32 Å². The number of rotatable bonds is 1. The Morgan fingerprint density at radius 2 is 2.33 bits per heavy atom. The van der Waals surface area contributed by atoms with Gasteiger partial charge in [0.05, 0.1) is 0 Å². The van der Waals surface area contributed by atoms with Gasteiger partial charge in [0.2, 0.25) is 0 Å². The molecule has 1 aliphatic rings. The Labute approximate surface area is 96.0 Å². The van der Waals surface area contributed by atoms with Crippen molar-refractivity contribution in [3.05, 3.63) is 33.8 Å². The zero-order valence-electron chi connectivity index (χ0n) is 8.26. The molecule has 0 radical (unpaired) electrons. The summed E-state index contributed by atoms with van der Waals surface area (Å²) in [4.78, 5) is 11.5. The molecule has 0 fully saturated rings. The number of halogens is 2. The third-order valence-corrected chi connectivity index (χ3v) is 3.19. The number of fused-ring (bicyclic) bond motifs is 1. The van der Waals surface area contributed by atoms with E-state index >= 15 is 0 Å². The summed E-state index contributed by atoms with van der Waals surface area (Å²) in [6.45, 7) is 1.90. The minimum Gasteiger partial charge on any atom is -0.351 e. The summed E-state index contributed by atoms with van der Waals surface area (Å²) >= 11 is 3.33. The van der Waals surface area contributed by atoms with E-state index in [1.165, 1.54) is 6.92 Å². The van der Waals surface area contributed by atoms with Gasteiger partial charge in [0.25, 0.3) is 5.91 Å². The maximum absolute atomic E-state index is 13.4. The van der Waals surface area contributed by atoms with Crippen LogP contribution in [-0.2, 0) is 0 Å². The number of benzene rings is 1. The highest BCUT2D eigenvalue weighted by Gasteiger charge is 2.29. The summed E-state index contributed by atoms with van der Waals surface area (Å²) in [6.07, 6.45) is -0.960. The number of carbonyl (C=O) groups is 1. The summed E-state index contributed by atoms with van der Waals surface area (Å²) in [5.74, 6) is -0.357. The van der Waals surface area contributed by atoms with Crippen molar-refractivity contribution >= 4 is 21.8 Å². The molecule has 0 unspecified atom stereocenters. The molecule has 1 aromatic carbocycles. The Hall–Kier alpha value is -0.900. The molecule has 0 saturated carbocycles. The Morgan fingerprint density at radius 1 is 1.60 bits per heavy atom. The molecule has 2 rings (SSSR count). The molecule has 1 N–H and O–H groups in total. The van der Waals surface area contributed by atoms with Crippen LogP contribution in [0.15, 0.2) is 22.7 Å². The third-order valence-electron chi connectivity index (χ3n) is 2.69. The lowest BCUT2D eigenvalue weighted by Gasteiger charge is -2.26. The number of alkyl halides is 1. The molecule has 1 aromatic rings. The molecule has 0 spiro atoms. The van der Waals surface area contributed by atoms with Crippen LogP contribution in [0.5, 0.6) is 0 Å². The van der Waals surface area contributed by atoms with Gasteiger partial charge in [-0.05, 0) is 30.7 Å². The van der Waals surface area contributed by atoms with Crippen LogP contribution in [0, 0.1) is 0 Å². The van der Waals surface area contributed by atoms with Crippen molar-refractivity contribution < 1.29 is 9.18 Å². The molecule has 1 aliphatic heterocycles. The maximum Gasteiger partial charge on any atom is 0.251 e. The monoisotopic (exact) mass is 271 g/mol. The average molecular weight is 272 g/mol. The average Bonchev–Trinajstić information content (AvgIpc) is 2.17. The molecule has 4 heteroatoms. The molecule has 0 saturated heterocycles. The van der Waals surface area contributed by atoms with Gasteiger partial charge in [-0.15, -0.1) is 0 Å². The van der Waals surface area contributed by atoms with Gasteiger partial charge in [-0.3, -0.25) is 4.79 Å². The first-order valence-corrected chi connectivity index (χ1v) is 5.60. The number of nitrogens with one attached hydrogen (secondary N) is 1. The predicted octanol–water partition coefficient (Wildman–Crippen LogP) is 2.63. The van der Waals surface area contributed by atoms with Crippen LogP contribution < -0.4 is 5.32 Å². The Morgan fingerprint density at radius 3 is 3.00 bits per heavy atom. The SMILES string of the molecule is C[C@@H](F)[C@@H]1CNC(=O)c2ccc(Br)cc21. The second-order valence-electron chi connectivity index (χ2n) is 3.73. The van der Waals surface area contributed by atoms with Crippen molar-refractivity contribution in [2.24, 2.45) is 0 Å². The van der Waals surface area contributed by atoms with Gasteiger partial charge in [0, 0.05) is 22.5 Å². The van der Waals surface area contributed by atoms with Gasteiger partial charge >= 0.3 is 0 Å². The molecule has 0 aliphatic carbocycles. The third kappa shape index (κ3) is 1.91. The highest BCUT2D eigenvalue weighted by atomic mass is 79.9. The topological polar surface area (TPSA) is 29.1 Å². The Bertz CT molecular complexity index is 406. The molecule has 0 aromatic heterocycles. The molecule has 2 nitrogen and oxygen atoms in total. The lowest BCUT2D eigenvalue weighted by Crippen LogP contribution is -2.37. The molecule has 15 heavy (non-hydrogen) atoms. The van der Waals surface area contributed by atoms with E-state index in [0.29, 0.717) is 12.1 Å². The van der Waals surface area contributed by atoms with Crippen molar-refractivity contribution in [2.45, 2.75) is 19.0 Å². The van der Waals surface area contributed by atoms with Gasteiger partial charge in [-0.1, -0.05) is 15.9 Å². The van der Waals surface area contributed by atoms with Crippen LogP contribution in [-0.4, -0.2) is 18.6 Å². The standard InChI is InChI=1S/C11H11BrFNO/c1-6(13)10-5-14-11(15)8-3-2-7(12)4-9(8)10/h2-4,6,10H,5H2,1H3,(H,14,15)/t6-,10+/m1/s1. The Kier molecular flexibility index (Phi) is 2.78. The smallest absolute Gasteiger partial charge is 0.251 e. The van der Waals surface area contributed by atoms with Gasteiger partial charge in [0.1, 0.15) is 6.17 Å². The van der Waals surface area contributed by atoms with Crippen molar-refractivity contribution in [1.82, 2.24) is 5.32 Å². The first-order valence-electron chi connectivity index (χ1n) is 4.81. The van der Waals surface area contributed by atoms with Crippen molar-refractivity contribution in [3.63, 3.8) is 0 Å². The van der Waals surface area contributed by atoms with Crippen molar-refractivity contribution in [3.8, 4) is 0 Å². The lowest BCUT2D eigenvalue weighted by molar-refractivity contribution is 0.0932. The van der Waals surface area contributed by atoms with E-state index in [2.05, 4.69) is 21.2 Å². The van der Waals surface area contributed by atoms with Crippen LogP contribution in [0.1, 0.15) is 28.8 Å². The molecular formula is C11H11BrFNO. The second kappa shape index (κ2) is 3.93. The molecule has 1 amide bonds. The fourth-order valence-corrected chi connectivity index (χ4v) is 2.24. The fraction of sp³-hybridized carbons (Fsp3) is 0.364. The summed E-state index contributed by atoms with van der Waals surface area (Å²) in [5.41, 5.74) is 1.38. The largest absolute Gasteiger partial charge is 0.351 e. The number of carbonyl (C=O) groups excluding carboxylic acids is 1. The van der Waals surface area contributed by atoms with E-state index in [1.54, 1.807) is 12.1 Å². The molecular weight excluding hydrogens is 261 g/mol. The second-order valence-corrected chi connectivity index (χ2v) is 4.64. The lowest BCUT2D eigenvalue weighted by atomic mass is 9.88. The zero-order valence-corrected chi connectivity index (χ0v) is 9.84. The van der Waals surface area contributed by atoms with E-state index in [4.69, 9.17) is 0 Å². The van der Waals surface area contributed by atoms with Crippen molar-refractivity contribution in [1.29, 1.82) is 0 Å². The van der Waals surface area contributed by atoms with Crippen LogP contribution in [0.4, 0.5) is 4.39 Å². The maximum atomic E-state index is 13.4. The predicted molar refractivity (Wildman–Crippen MR) is 59.8 cm³/mol. The van der Waals surface area contributed by atoms with E-state index in [0.717, 1.165) is 10.0 Å². The van der Waals surface area contributed by atoms with E-state index in [1.807, 2.05) is 6.07 Å². The fourth-order valence-electron chi connectivity index (χ4n) is 1.86. The van der Waals surface area contributed by atoms with Crippen LogP contribution in [0.2, 0.25) is 0 Å². The molecule has 2 atom stereocenters. The van der Waals surface area contributed by atoms with Crippen molar-refractivity contribution in [2.75, 3.05) is 6.54 Å². The van der Waals surface area contributed by atoms with E-state index in [9.17, 15) is 9.18 Å². The minimum absolute atomic E-state index is 0.116. The summed E-state index contributed by atoms with van der Waals surface area (Å²) in [6, 6.07) is 5.35. The van der Waals surface area contributed by atoms with Crippen LogP contribution in [0.25, 0.3) is 0 Å². The van der Waals surface area contributed by atoms with Gasteiger partial charge in [0.15, 0.2) is 0 Å². The normalized spacial score (nSPS) is 21.8. The number of amides is 1. The minimum atomic E-state index is -0.960. The number of hydrogen-bond donors (Lipinski definition) is 1. The molecule has 0 bridgehead atoms. The highest BCUT2D eigenvalue weighted by molar-refractivity contribution is 9.10.